The highest BCUT2D eigenvalue weighted by atomic mass is 16.3. The van der Waals surface area contributed by atoms with Gasteiger partial charge < -0.3 is 9.88 Å². The SMILES string of the molecule is CC(C)n1c(-c2ccnc(Nc3ccccc3)n2)cnc1CN=O. The number of hydrogen-bond acceptors (Lipinski definition) is 6. The van der Waals surface area contributed by atoms with Crippen LogP contribution in [0.4, 0.5) is 11.6 Å². The molecule has 1 aromatic carbocycles. The predicted octanol–water partition coefficient (Wildman–Crippen LogP) is 3.93. The zero-order chi connectivity index (χ0) is 16.9. The van der Waals surface area contributed by atoms with Crippen LogP contribution < -0.4 is 5.32 Å². The number of anilines is 2. The van der Waals surface area contributed by atoms with Crippen LogP contribution in [0.1, 0.15) is 25.7 Å². The van der Waals surface area contributed by atoms with E-state index in [1.807, 2.05) is 54.8 Å². The average Bonchev–Trinajstić information content (AvgIpc) is 3.00. The van der Waals surface area contributed by atoms with Crippen LogP contribution in [0.2, 0.25) is 0 Å². The lowest BCUT2D eigenvalue weighted by Gasteiger charge is -2.14. The Labute approximate surface area is 139 Å². The van der Waals surface area contributed by atoms with Gasteiger partial charge >= 0.3 is 0 Å². The van der Waals surface area contributed by atoms with Crippen LogP contribution in [0.15, 0.2) is 54.0 Å². The van der Waals surface area contributed by atoms with Gasteiger partial charge in [-0.05, 0) is 32.0 Å². The molecule has 0 saturated heterocycles. The van der Waals surface area contributed by atoms with Crippen LogP contribution in [0, 0.1) is 4.91 Å². The fraction of sp³-hybridized carbons (Fsp3) is 0.235. The quantitative estimate of drug-likeness (QED) is 0.695. The van der Waals surface area contributed by atoms with Gasteiger partial charge in [0.1, 0.15) is 12.4 Å². The third kappa shape index (κ3) is 3.29. The Hall–Kier alpha value is -3.09. The molecule has 2 aromatic heterocycles. The number of nitrogens with one attached hydrogen (secondary N) is 1. The Kier molecular flexibility index (Phi) is 4.60. The monoisotopic (exact) mass is 322 g/mol. The Morgan fingerprint density at radius 2 is 1.96 bits per heavy atom. The van der Waals surface area contributed by atoms with Gasteiger partial charge in [-0.15, -0.1) is 0 Å². The number of benzene rings is 1. The number of nitroso groups, excluding NO2 is 1. The summed E-state index contributed by atoms with van der Waals surface area (Å²) < 4.78 is 1.97. The van der Waals surface area contributed by atoms with Crippen LogP contribution in [0.3, 0.4) is 0 Å². The Bertz CT molecular complexity index is 828. The molecule has 3 aromatic rings. The Morgan fingerprint density at radius 1 is 1.17 bits per heavy atom. The van der Waals surface area contributed by atoms with E-state index in [-0.39, 0.29) is 12.6 Å². The second-order valence-corrected chi connectivity index (χ2v) is 5.57. The topological polar surface area (TPSA) is 85.1 Å². The molecule has 0 spiro atoms. The molecular formula is C17H18N6O. The normalized spacial score (nSPS) is 10.8. The van der Waals surface area contributed by atoms with Gasteiger partial charge in [-0.3, -0.25) is 0 Å². The second kappa shape index (κ2) is 6.99. The van der Waals surface area contributed by atoms with Crippen molar-refractivity contribution in [2.24, 2.45) is 5.18 Å². The van der Waals surface area contributed by atoms with Gasteiger partial charge in [0.15, 0.2) is 0 Å². The molecular weight excluding hydrogens is 304 g/mol. The highest BCUT2D eigenvalue weighted by Crippen LogP contribution is 2.24. The number of aromatic nitrogens is 4. The first-order valence-electron chi connectivity index (χ1n) is 7.69. The summed E-state index contributed by atoms with van der Waals surface area (Å²) in [4.78, 5) is 23.7. The number of imidazole rings is 1. The van der Waals surface area contributed by atoms with Gasteiger partial charge in [0.25, 0.3) is 0 Å². The molecule has 0 fully saturated rings. The van der Waals surface area contributed by atoms with Crippen molar-refractivity contribution in [2.75, 3.05) is 5.32 Å². The fourth-order valence-corrected chi connectivity index (χ4v) is 2.55. The Balaban J connectivity index is 1.96. The van der Waals surface area contributed by atoms with Crippen LogP contribution in [-0.2, 0) is 6.54 Å². The molecule has 0 aliphatic heterocycles. The van der Waals surface area contributed by atoms with Crippen molar-refractivity contribution in [3.63, 3.8) is 0 Å². The highest BCUT2D eigenvalue weighted by molar-refractivity contribution is 5.59. The zero-order valence-corrected chi connectivity index (χ0v) is 13.5. The number of rotatable bonds is 6. The van der Waals surface area contributed by atoms with Crippen molar-refractivity contribution in [2.45, 2.75) is 26.4 Å². The smallest absolute Gasteiger partial charge is 0.227 e. The van der Waals surface area contributed by atoms with E-state index in [1.165, 1.54) is 0 Å². The molecule has 7 nitrogen and oxygen atoms in total. The van der Waals surface area contributed by atoms with Gasteiger partial charge in [-0.2, -0.15) is 4.91 Å². The zero-order valence-electron chi connectivity index (χ0n) is 13.5. The molecule has 3 rings (SSSR count). The molecule has 0 aliphatic carbocycles. The summed E-state index contributed by atoms with van der Waals surface area (Å²) in [5.74, 6) is 1.14. The van der Waals surface area contributed by atoms with Gasteiger partial charge in [0.2, 0.25) is 5.95 Å². The van der Waals surface area contributed by atoms with Crippen molar-refractivity contribution in [3.05, 3.63) is 59.5 Å². The van der Waals surface area contributed by atoms with Gasteiger partial charge in [0.05, 0.1) is 17.6 Å². The van der Waals surface area contributed by atoms with Crippen molar-refractivity contribution in [1.82, 2.24) is 19.5 Å². The Morgan fingerprint density at radius 3 is 2.67 bits per heavy atom. The largest absolute Gasteiger partial charge is 0.324 e. The lowest BCUT2D eigenvalue weighted by molar-refractivity contribution is 0.573. The van der Waals surface area contributed by atoms with Crippen molar-refractivity contribution >= 4 is 11.6 Å². The molecule has 0 radical (unpaired) electrons. The fourth-order valence-electron chi connectivity index (χ4n) is 2.55. The van der Waals surface area contributed by atoms with E-state index in [4.69, 9.17) is 0 Å². The lowest BCUT2D eigenvalue weighted by atomic mass is 10.2. The maximum absolute atomic E-state index is 10.6. The van der Waals surface area contributed by atoms with E-state index in [2.05, 4.69) is 25.4 Å². The highest BCUT2D eigenvalue weighted by Gasteiger charge is 2.16. The lowest BCUT2D eigenvalue weighted by Crippen LogP contribution is -2.08. The number of hydrogen-bond donors (Lipinski definition) is 1. The second-order valence-electron chi connectivity index (χ2n) is 5.57. The molecule has 0 saturated carbocycles. The molecule has 0 amide bonds. The van der Waals surface area contributed by atoms with E-state index in [9.17, 15) is 4.91 Å². The number of nitrogens with zero attached hydrogens (tertiary/aromatic N) is 5. The van der Waals surface area contributed by atoms with Crippen molar-refractivity contribution in [1.29, 1.82) is 0 Å². The summed E-state index contributed by atoms with van der Waals surface area (Å²) in [5.41, 5.74) is 2.49. The first kappa shape index (κ1) is 15.8. The molecule has 0 atom stereocenters. The molecule has 1 N–H and O–H groups in total. The van der Waals surface area contributed by atoms with E-state index in [0.717, 1.165) is 17.1 Å². The first-order chi connectivity index (χ1) is 11.7. The van der Waals surface area contributed by atoms with Crippen molar-refractivity contribution in [3.8, 4) is 11.4 Å². The molecule has 0 aliphatic rings. The van der Waals surface area contributed by atoms with Gasteiger partial charge in [-0.25, -0.2) is 15.0 Å². The van der Waals surface area contributed by atoms with Gasteiger partial charge in [0, 0.05) is 17.9 Å². The third-order valence-electron chi connectivity index (χ3n) is 3.54. The first-order valence-corrected chi connectivity index (χ1v) is 7.69. The van der Waals surface area contributed by atoms with Crippen LogP contribution >= 0.6 is 0 Å². The minimum atomic E-state index is 0.0401. The minimum absolute atomic E-state index is 0.0401. The average molecular weight is 322 g/mol. The van der Waals surface area contributed by atoms with Crippen LogP contribution in [-0.4, -0.2) is 19.5 Å². The number of para-hydroxylation sites is 1. The summed E-state index contributed by atoms with van der Waals surface area (Å²) in [7, 11) is 0. The van der Waals surface area contributed by atoms with Crippen molar-refractivity contribution < 1.29 is 0 Å². The third-order valence-corrected chi connectivity index (χ3v) is 3.54. The predicted molar refractivity (Wildman–Crippen MR) is 92.9 cm³/mol. The summed E-state index contributed by atoms with van der Waals surface area (Å²) in [6.45, 7) is 4.10. The summed E-state index contributed by atoms with van der Waals surface area (Å²) >= 11 is 0. The van der Waals surface area contributed by atoms with Crippen LogP contribution in [0.25, 0.3) is 11.4 Å². The molecule has 122 valence electrons. The molecule has 0 unspecified atom stereocenters. The summed E-state index contributed by atoms with van der Waals surface area (Å²) in [6.07, 6.45) is 3.41. The minimum Gasteiger partial charge on any atom is -0.324 e. The molecule has 24 heavy (non-hydrogen) atoms. The van der Waals surface area contributed by atoms with E-state index in [1.54, 1.807) is 12.4 Å². The molecule has 2 heterocycles. The van der Waals surface area contributed by atoms with Gasteiger partial charge in [-0.1, -0.05) is 23.4 Å². The summed E-state index contributed by atoms with van der Waals surface area (Å²) in [5, 5.41) is 6.13. The maximum atomic E-state index is 10.6. The standard InChI is InChI=1S/C17H18N6O/c1-12(2)23-15(10-19-16(23)11-20-24)14-8-9-18-17(22-14)21-13-6-4-3-5-7-13/h3-10,12H,11H2,1-2H3,(H,18,21,22). The maximum Gasteiger partial charge on any atom is 0.227 e. The van der Waals surface area contributed by atoms with E-state index in [0.29, 0.717) is 11.8 Å². The van der Waals surface area contributed by atoms with E-state index >= 15 is 0 Å². The molecule has 0 bridgehead atoms. The van der Waals surface area contributed by atoms with E-state index < -0.39 is 0 Å². The van der Waals surface area contributed by atoms with Crippen LogP contribution in [0.5, 0.6) is 0 Å². The summed E-state index contributed by atoms with van der Waals surface area (Å²) in [6, 6.07) is 11.7. The molecule has 7 heteroatoms.